The van der Waals surface area contributed by atoms with Crippen LogP contribution in [0.5, 0.6) is 0 Å². The zero-order valence-corrected chi connectivity index (χ0v) is 15.6. The van der Waals surface area contributed by atoms with E-state index in [4.69, 9.17) is 9.05 Å². The highest BCUT2D eigenvalue weighted by molar-refractivity contribution is 7.62. The van der Waals surface area contributed by atoms with Crippen molar-refractivity contribution in [2.45, 2.75) is 0 Å². The van der Waals surface area contributed by atoms with Crippen LogP contribution in [0.1, 0.15) is 0 Å². The number of hydrogen-bond acceptors (Lipinski definition) is 3. The maximum absolute atomic E-state index is 13.3. The second kappa shape index (κ2) is 6.69. The maximum Gasteiger partial charge on any atom is 0.361 e. The molecule has 0 aliphatic carbocycles. The van der Waals surface area contributed by atoms with E-state index in [1.807, 2.05) is 48.5 Å². The van der Waals surface area contributed by atoms with Gasteiger partial charge < -0.3 is 9.05 Å². The largest absolute Gasteiger partial charge is 0.361 e. The molecule has 130 valence electrons. The Hall–Kier alpha value is -2.45. The van der Waals surface area contributed by atoms with E-state index in [9.17, 15) is 4.57 Å². The van der Waals surface area contributed by atoms with E-state index in [1.54, 1.807) is 0 Å². The molecule has 0 spiro atoms. The summed E-state index contributed by atoms with van der Waals surface area (Å²) < 4.78 is 23.9. The first-order chi connectivity index (χ1) is 12.7. The average molecular weight is 362 g/mol. The van der Waals surface area contributed by atoms with E-state index >= 15 is 0 Å². The minimum absolute atomic E-state index is 0.581. The summed E-state index contributed by atoms with van der Waals surface area (Å²) in [5, 5.41) is 4.92. The van der Waals surface area contributed by atoms with Crippen LogP contribution < -0.4 is 5.30 Å². The van der Waals surface area contributed by atoms with Gasteiger partial charge in [0.15, 0.2) is 0 Å². The van der Waals surface area contributed by atoms with Crippen LogP contribution in [-0.2, 0) is 13.6 Å². The molecular formula is C22H19O3P. The first-order valence-corrected chi connectivity index (χ1v) is 9.94. The summed E-state index contributed by atoms with van der Waals surface area (Å²) >= 11 is 0. The van der Waals surface area contributed by atoms with Gasteiger partial charge in [-0.3, -0.25) is 4.57 Å². The topological polar surface area (TPSA) is 35.5 Å². The molecule has 0 aromatic heterocycles. The van der Waals surface area contributed by atoms with Gasteiger partial charge in [-0.2, -0.15) is 0 Å². The van der Waals surface area contributed by atoms with Crippen LogP contribution in [0.25, 0.3) is 32.7 Å². The predicted octanol–water partition coefficient (Wildman–Crippen LogP) is 5.77. The number of rotatable bonds is 4. The Kier molecular flexibility index (Phi) is 4.37. The molecule has 0 aliphatic heterocycles. The third kappa shape index (κ3) is 2.65. The van der Waals surface area contributed by atoms with Crippen molar-refractivity contribution >= 4 is 34.4 Å². The van der Waals surface area contributed by atoms with Gasteiger partial charge in [-0.15, -0.1) is 0 Å². The van der Waals surface area contributed by atoms with E-state index in [0.29, 0.717) is 5.30 Å². The molecule has 4 aromatic rings. The van der Waals surface area contributed by atoms with Crippen LogP contribution in [0.3, 0.4) is 0 Å². The molecule has 4 rings (SSSR count). The molecule has 4 aromatic carbocycles. The molecular weight excluding hydrogens is 343 g/mol. The molecule has 0 unspecified atom stereocenters. The van der Waals surface area contributed by atoms with E-state index in [-0.39, 0.29) is 0 Å². The van der Waals surface area contributed by atoms with Crippen molar-refractivity contribution in [1.82, 2.24) is 0 Å². The van der Waals surface area contributed by atoms with Gasteiger partial charge in [0, 0.05) is 19.8 Å². The molecule has 0 saturated carbocycles. The molecule has 26 heavy (non-hydrogen) atoms. The van der Waals surface area contributed by atoms with Gasteiger partial charge in [0.1, 0.15) is 0 Å². The summed E-state index contributed by atoms with van der Waals surface area (Å²) in [4.78, 5) is 0. The lowest BCUT2D eigenvalue weighted by atomic mass is 9.94. The zero-order chi connectivity index (χ0) is 18.1. The molecule has 0 N–H and O–H groups in total. The molecule has 0 bridgehead atoms. The lowest BCUT2D eigenvalue weighted by Crippen LogP contribution is -2.12. The molecule has 0 amide bonds. The molecule has 3 nitrogen and oxygen atoms in total. The zero-order valence-electron chi connectivity index (χ0n) is 14.7. The second-order valence-corrected chi connectivity index (χ2v) is 8.28. The molecule has 0 radical (unpaired) electrons. The highest BCUT2D eigenvalue weighted by atomic mass is 31.2. The lowest BCUT2D eigenvalue weighted by Gasteiger charge is -2.20. The van der Waals surface area contributed by atoms with Crippen molar-refractivity contribution in [3.8, 4) is 11.1 Å². The Morgan fingerprint density at radius 3 is 1.92 bits per heavy atom. The Balaban J connectivity index is 2.18. The fourth-order valence-corrected chi connectivity index (χ4v) is 4.80. The van der Waals surface area contributed by atoms with E-state index in [1.165, 1.54) is 14.2 Å². The van der Waals surface area contributed by atoms with Crippen molar-refractivity contribution in [2.24, 2.45) is 0 Å². The number of fused-ring (bicyclic) bond motifs is 2. The SMILES string of the molecule is COP(=O)(OC)c1ccc2ccccc2c1-c1cccc2ccccc12. The first-order valence-electron chi connectivity index (χ1n) is 8.40. The van der Waals surface area contributed by atoms with Crippen molar-refractivity contribution in [2.75, 3.05) is 14.2 Å². The summed E-state index contributed by atoms with van der Waals surface area (Å²) in [6.07, 6.45) is 0. The van der Waals surface area contributed by atoms with Crippen LogP contribution in [-0.4, -0.2) is 14.2 Å². The van der Waals surface area contributed by atoms with Gasteiger partial charge in [-0.05, 0) is 33.2 Å². The minimum atomic E-state index is -3.42. The van der Waals surface area contributed by atoms with E-state index in [0.717, 1.165) is 32.7 Å². The molecule has 0 heterocycles. The Bertz CT molecular complexity index is 1140. The Labute approximate surface area is 152 Å². The minimum Gasteiger partial charge on any atom is -0.309 e. The van der Waals surface area contributed by atoms with E-state index in [2.05, 4.69) is 30.3 Å². The van der Waals surface area contributed by atoms with Crippen LogP contribution in [0.15, 0.2) is 78.9 Å². The Morgan fingerprint density at radius 1 is 0.654 bits per heavy atom. The van der Waals surface area contributed by atoms with Crippen LogP contribution in [0.4, 0.5) is 0 Å². The van der Waals surface area contributed by atoms with Gasteiger partial charge >= 0.3 is 7.60 Å². The van der Waals surface area contributed by atoms with E-state index < -0.39 is 7.60 Å². The van der Waals surface area contributed by atoms with Gasteiger partial charge in [0.25, 0.3) is 0 Å². The molecule has 0 fully saturated rings. The van der Waals surface area contributed by atoms with Crippen molar-refractivity contribution in [1.29, 1.82) is 0 Å². The third-order valence-corrected chi connectivity index (χ3v) is 6.67. The fourth-order valence-electron chi connectivity index (χ4n) is 3.49. The smallest absolute Gasteiger partial charge is 0.309 e. The quantitative estimate of drug-likeness (QED) is 0.432. The van der Waals surface area contributed by atoms with Gasteiger partial charge in [-0.25, -0.2) is 0 Å². The normalized spacial score (nSPS) is 11.9. The fraction of sp³-hybridized carbons (Fsp3) is 0.0909. The molecule has 0 aliphatic rings. The summed E-state index contributed by atoms with van der Waals surface area (Å²) in [5.74, 6) is 0. The van der Waals surface area contributed by atoms with Gasteiger partial charge in [0.05, 0.1) is 5.30 Å². The average Bonchev–Trinajstić information content (AvgIpc) is 2.72. The number of benzene rings is 4. The summed E-state index contributed by atoms with van der Waals surface area (Å²) in [5.41, 5.74) is 1.91. The van der Waals surface area contributed by atoms with Crippen molar-refractivity contribution in [3.05, 3.63) is 78.9 Å². The summed E-state index contributed by atoms with van der Waals surface area (Å²) in [7, 11) is -0.573. The standard InChI is InChI=1S/C22H19O3P/c1-24-26(23,25-2)21-15-14-17-9-4-6-12-19(17)22(21)20-13-7-10-16-8-3-5-11-18(16)20/h3-15H,1-2H3. The highest BCUT2D eigenvalue weighted by Crippen LogP contribution is 2.49. The van der Waals surface area contributed by atoms with Gasteiger partial charge in [-0.1, -0.05) is 72.8 Å². The molecule has 0 atom stereocenters. The first kappa shape index (κ1) is 17.0. The summed E-state index contributed by atoms with van der Waals surface area (Å²) in [6, 6.07) is 26.3. The van der Waals surface area contributed by atoms with Gasteiger partial charge in [0.2, 0.25) is 0 Å². The predicted molar refractivity (Wildman–Crippen MR) is 108 cm³/mol. The monoisotopic (exact) mass is 362 g/mol. The number of hydrogen-bond donors (Lipinski definition) is 0. The molecule has 4 heteroatoms. The van der Waals surface area contributed by atoms with Crippen LogP contribution in [0, 0.1) is 0 Å². The van der Waals surface area contributed by atoms with Crippen LogP contribution >= 0.6 is 7.60 Å². The summed E-state index contributed by atoms with van der Waals surface area (Å²) in [6.45, 7) is 0. The van der Waals surface area contributed by atoms with Crippen molar-refractivity contribution < 1.29 is 13.6 Å². The van der Waals surface area contributed by atoms with Crippen LogP contribution in [0.2, 0.25) is 0 Å². The lowest BCUT2D eigenvalue weighted by molar-refractivity contribution is 0.287. The van der Waals surface area contributed by atoms with Crippen molar-refractivity contribution in [3.63, 3.8) is 0 Å². The third-order valence-electron chi connectivity index (χ3n) is 4.74. The second-order valence-electron chi connectivity index (χ2n) is 6.07. The highest BCUT2D eigenvalue weighted by Gasteiger charge is 2.29. The maximum atomic E-state index is 13.3. The Morgan fingerprint density at radius 2 is 1.23 bits per heavy atom. The molecule has 0 saturated heterocycles.